The van der Waals surface area contributed by atoms with Crippen LogP contribution in [0.1, 0.15) is 24.1 Å². The maximum atomic E-state index is 11.8. The lowest BCUT2D eigenvalue weighted by Gasteiger charge is -2.15. The number of halogens is 1. The highest BCUT2D eigenvalue weighted by molar-refractivity contribution is 6.31. The highest BCUT2D eigenvalue weighted by Crippen LogP contribution is 2.21. The number of amides is 1. The molecular weight excluding hydrogens is 296 g/mol. The molecule has 0 aliphatic heterocycles. The Morgan fingerprint density at radius 1 is 1.09 bits per heavy atom. The molecule has 4 heteroatoms. The van der Waals surface area contributed by atoms with Crippen molar-refractivity contribution in [3.8, 4) is 0 Å². The first-order valence-corrected chi connectivity index (χ1v) is 7.83. The molecule has 0 aliphatic rings. The molecule has 2 N–H and O–H groups in total. The van der Waals surface area contributed by atoms with Crippen molar-refractivity contribution in [2.75, 3.05) is 13.1 Å². The zero-order valence-corrected chi connectivity index (χ0v) is 13.4. The van der Waals surface area contributed by atoms with E-state index in [-0.39, 0.29) is 18.5 Å². The number of benzene rings is 2. The molecule has 2 aromatic carbocycles. The Hall–Kier alpha value is -1.84. The fraction of sp³-hybridized carbons (Fsp3) is 0.278. The summed E-state index contributed by atoms with van der Waals surface area (Å²) < 4.78 is 0. The van der Waals surface area contributed by atoms with E-state index >= 15 is 0 Å². The molecule has 0 aliphatic carbocycles. The van der Waals surface area contributed by atoms with Crippen molar-refractivity contribution < 1.29 is 4.79 Å². The minimum Gasteiger partial charge on any atom is -0.355 e. The number of rotatable bonds is 7. The molecule has 22 heavy (non-hydrogen) atoms. The van der Waals surface area contributed by atoms with E-state index in [0.717, 1.165) is 12.0 Å². The second-order valence-corrected chi connectivity index (χ2v) is 5.62. The van der Waals surface area contributed by atoms with Gasteiger partial charge in [-0.1, -0.05) is 60.1 Å². The van der Waals surface area contributed by atoms with Gasteiger partial charge in [-0.15, -0.1) is 0 Å². The van der Waals surface area contributed by atoms with E-state index in [2.05, 4.69) is 22.8 Å². The zero-order chi connectivity index (χ0) is 15.8. The highest BCUT2D eigenvalue weighted by atomic mass is 35.5. The van der Waals surface area contributed by atoms with E-state index in [4.69, 9.17) is 11.6 Å². The van der Waals surface area contributed by atoms with Crippen LogP contribution in [0.15, 0.2) is 54.6 Å². The first kappa shape index (κ1) is 16.5. The lowest BCUT2D eigenvalue weighted by Crippen LogP contribution is -2.36. The normalized spacial score (nSPS) is 11.9. The van der Waals surface area contributed by atoms with E-state index in [1.165, 1.54) is 5.56 Å². The van der Waals surface area contributed by atoms with Gasteiger partial charge >= 0.3 is 0 Å². The van der Waals surface area contributed by atoms with Crippen LogP contribution in [0.3, 0.4) is 0 Å². The summed E-state index contributed by atoms with van der Waals surface area (Å²) in [5, 5.41) is 6.82. The molecule has 1 atom stereocenters. The molecule has 0 saturated heterocycles. The summed E-state index contributed by atoms with van der Waals surface area (Å²) in [7, 11) is 0. The highest BCUT2D eigenvalue weighted by Gasteiger charge is 2.10. The van der Waals surface area contributed by atoms with Crippen LogP contribution in [-0.2, 0) is 11.2 Å². The average molecular weight is 317 g/mol. The third-order valence-corrected chi connectivity index (χ3v) is 3.86. The van der Waals surface area contributed by atoms with Gasteiger partial charge in [0.1, 0.15) is 0 Å². The van der Waals surface area contributed by atoms with Gasteiger partial charge in [0.2, 0.25) is 5.91 Å². The van der Waals surface area contributed by atoms with Crippen molar-refractivity contribution in [3.05, 3.63) is 70.7 Å². The Morgan fingerprint density at radius 3 is 2.50 bits per heavy atom. The van der Waals surface area contributed by atoms with Crippen LogP contribution in [0.2, 0.25) is 5.02 Å². The van der Waals surface area contributed by atoms with Gasteiger partial charge in [0.05, 0.1) is 6.54 Å². The molecule has 0 fully saturated rings. The zero-order valence-electron chi connectivity index (χ0n) is 12.7. The lowest BCUT2D eigenvalue weighted by atomic mass is 10.1. The van der Waals surface area contributed by atoms with Crippen molar-refractivity contribution in [1.29, 1.82) is 0 Å². The van der Waals surface area contributed by atoms with E-state index < -0.39 is 0 Å². The van der Waals surface area contributed by atoms with Crippen molar-refractivity contribution >= 4 is 17.5 Å². The minimum atomic E-state index is -0.00478. The van der Waals surface area contributed by atoms with Crippen LogP contribution < -0.4 is 10.6 Å². The van der Waals surface area contributed by atoms with E-state index in [1.807, 2.05) is 49.4 Å². The summed E-state index contributed by atoms with van der Waals surface area (Å²) in [4.78, 5) is 11.8. The molecule has 0 heterocycles. The number of carbonyl (C=O) groups is 1. The van der Waals surface area contributed by atoms with Gasteiger partial charge in [-0.3, -0.25) is 4.79 Å². The van der Waals surface area contributed by atoms with Crippen molar-refractivity contribution in [3.63, 3.8) is 0 Å². The smallest absolute Gasteiger partial charge is 0.233 e. The lowest BCUT2D eigenvalue weighted by molar-refractivity contribution is -0.120. The summed E-state index contributed by atoms with van der Waals surface area (Å²) in [5.41, 5.74) is 2.22. The summed E-state index contributed by atoms with van der Waals surface area (Å²) in [6.07, 6.45) is 0.840. The molecule has 2 rings (SSSR count). The van der Waals surface area contributed by atoms with Crippen LogP contribution in [0.5, 0.6) is 0 Å². The van der Waals surface area contributed by atoms with Crippen LogP contribution in [0, 0.1) is 0 Å². The molecular formula is C18H21ClN2O. The van der Waals surface area contributed by atoms with Crippen LogP contribution in [-0.4, -0.2) is 19.0 Å². The SMILES string of the molecule is C[C@H](NCC(=O)NCCc1ccccc1)c1ccccc1Cl. The number of hydrogen-bond donors (Lipinski definition) is 2. The second kappa shape index (κ2) is 8.57. The largest absolute Gasteiger partial charge is 0.355 e. The fourth-order valence-electron chi connectivity index (χ4n) is 2.24. The summed E-state index contributed by atoms with van der Waals surface area (Å²) in [6.45, 7) is 2.92. The molecule has 2 aromatic rings. The second-order valence-electron chi connectivity index (χ2n) is 5.21. The predicted molar refractivity (Wildman–Crippen MR) is 91.0 cm³/mol. The Balaban J connectivity index is 1.70. The third kappa shape index (κ3) is 5.17. The predicted octanol–water partition coefficient (Wildman–Crippen LogP) is 3.35. The molecule has 0 bridgehead atoms. The monoisotopic (exact) mass is 316 g/mol. The van der Waals surface area contributed by atoms with E-state index in [1.54, 1.807) is 0 Å². The van der Waals surface area contributed by atoms with E-state index in [0.29, 0.717) is 11.6 Å². The van der Waals surface area contributed by atoms with Crippen molar-refractivity contribution in [2.24, 2.45) is 0 Å². The fourth-order valence-corrected chi connectivity index (χ4v) is 2.53. The number of carbonyl (C=O) groups excluding carboxylic acids is 1. The van der Waals surface area contributed by atoms with Gasteiger partial charge in [-0.25, -0.2) is 0 Å². The summed E-state index contributed by atoms with van der Waals surface area (Å²) in [5.74, 6) is -0.00478. The molecule has 1 amide bonds. The Labute approximate surface area is 136 Å². The minimum absolute atomic E-state index is 0.00478. The van der Waals surface area contributed by atoms with Crippen LogP contribution >= 0.6 is 11.6 Å². The first-order chi connectivity index (χ1) is 10.7. The first-order valence-electron chi connectivity index (χ1n) is 7.45. The number of hydrogen-bond acceptors (Lipinski definition) is 2. The Morgan fingerprint density at radius 2 is 1.77 bits per heavy atom. The van der Waals surface area contributed by atoms with Gasteiger partial charge in [0, 0.05) is 17.6 Å². The van der Waals surface area contributed by atoms with Crippen molar-refractivity contribution in [2.45, 2.75) is 19.4 Å². The van der Waals surface area contributed by atoms with Crippen molar-refractivity contribution in [1.82, 2.24) is 10.6 Å². The van der Waals surface area contributed by atoms with Gasteiger partial charge in [-0.05, 0) is 30.5 Å². The maximum absolute atomic E-state index is 11.8. The number of nitrogens with one attached hydrogen (secondary N) is 2. The Kier molecular flexibility index (Phi) is 6.44. The van der Waals surface area contributed by atoms with Gasteiger partial charge in [0.25, 0.3) is 0 Å². The van der Waals surface area contributed by atoms with Crippen LogP contribution in [0.25, 0.3) is 0 Å². The quantitative estimate of drug-likeness (QED) is 0.822. The topological polar surface area (TPSA) is 41.1 Å². The summed E-state index contributed by atoms with van der Waals surface area (Å²) >= 11 is 6.15. The maximum Gasteiger partial charge on any atom is 0.233 e. The third-order valence-electron chi connectivity index (χ3n) is 3.52. The van der Waals surface area contributed by atoms with Gasteiger partial charge in [0.15, 0.2) is 0 Å². The molecule has 0 aromatic heterocycles. The molecule has 0 saturated carbocycles. The molecule has 0 spiro atoms. The molecule has 0 radical (unpaired) electrons. The standard InChI is InChI=1S/C18H21ClN2O/c1-14(16-9-5-6-10-17(16)19)21-13-18(22)20-12-11-15-7-3-2-4-8-15/h2-10,14,21H,11-13H2,1H3,(H,20,22)/t14-/m0/s1. The van der Waals surface area contributed by atoms with Gasteiger partial charge < -0.3 is 10.6 Å². The summed E-state index contributed by atoms with van der Waals surface area (Å²) in [6, 6.07) is 17.8. The molecule has 0 unspecified atom stereocenters. The van der Waals surface area contributed by atoms with E-state index in [9.17, 15) is 4.79 Å². The molecule has 3 nitrogen and oxygen atoms in total. The van der Waals surface area contributed by atoms with Crippen LogP contribution in [0.4, 0.5) is 0 Å². The average Bonchev–Trinajstić information content (AvgIpc) is 2.54. The van der Waals surface area contributed by atoms with Gasteiger partial charge in [-0.2, -0.15) is 0 Å². The Bertz CT molecular complexity index is 601. The molecule has 116 valence electrons.